The summed E-state index contributed by atoms with van der Waals surface area (Å²) in [6.45, 7) is 5.46. The van der Waals surface area contributed by atoms with E-state index >= 15 is 0 Å². The monoisotopic (exact) mass is 323 g/mol. The zero-order chi connectivity index (χ0) is 13.8. The third-order valence-corrected chi connectivity index (χ3v) is 4.22. The van der Waals surface area contributed by atoms with Crippen LogP contribution in [0.5, 0.6) is 0 Å². The van der Waals surface area contributed by atoms with Crippen LogP contribution in [-0.4, -0.2) is 9.55 Å². The molecule has 0 bridgehead atoms. The number of hydrogen-bond acceptors (Lipinski definition) is 2. The van der Waals surface area contributed by atoms with Crippen LogP contribution < -0.4 is 5.73 Å². The lowest BCUT2D eigenvalue weighted by atomic mass is 9.99. The molecule has 1 heterocycles. The van der Waals surface area contributed by atoms with Gasteiger partial charge in [0.1, 0.15) is 0 Å². The molecule has 0 fully saturated rings. The van der Waals surface area contributed by atoms with E-state index in [9.17, 15) is 0 Å². The van der Waals surface area contributed by atoms with E-state index < -0.39 is 0 Å². The largest absolute Gasteiger partial charge is 0.369 e. The molecule has 19 heavy (non-hydrogen) atoms. The Bertz CT molecular complexity index is 548. The van der Waals surface area contributed by atoms with Crippen LogP contribution in [0.1, 0.15) is 39.5 Å². The number of benzene rings is 1. The Morgan fingerprint density at radius 1 is 1.37 bits per heavy atom. The normalized spacial score (nSPS) is 13.0. The topological polar surface area (TPSA) is 43.8 Å². The number of hydrogen-bond donors (Lipinski definition) is 1. The van der Waals surface area contributed by atoms with Crippen molar-refractivity contribution in [1.82, 2.24) is 9.55 Å². The van der Waals surface area contributed by atoms with Crippen molar-refractivity contribution in [2.75, 3.05) is 5.73 Å². The molecule has 0 spiro atoms. The Balaban J connectivity index is 2.27. The van der Waals surface area contributed by atoms with Gasteiger partial charge in [0.05, 0.1) is 11.0 Å². The van der Waals surface area contributed by atoms with Gasteiger partial charge in [-0.1, -0.05) is 49.0 Å². The van der Waals surface area contributed by atoms with E-state index in [0.717, 1.165) is 22.1 Å². The summed E-state index contributed by atoms with van der Waals surface area (Å²) in [6, 6.07) is 6.12. The maximum absolute atomic E-state index is 6.07. The summed E-state index contributed by atoms with van der Waals surface area (Å²) < 4.78 is 3.23. The van der Waals surface area contributed by atoms with Crippen LogP contribution in [0.2, 0.25) is 0 Å². The van der Waals surface area contributed by atoms with Gasteiger partial charge in [0, 0.05) is 11.0 Å². The molecular formula is C15H22BrN3. The van der Waals surface area contributed by atoms with Gasteiger partial charge >= 0.3 is 0 Å². The number of halogens is 1. The fourth-order valence-electron chi connectivity index (χ4n) is 2.48. The van der Waals surface area contributed by atoms with E-state index in [4.69, 9.17) is 5.73 Å². The first-order valence-corrected chi connectivity index (χ1v) is 7.86. The van der Waals surface area contributed by atoms with Crippen LogP contribution in [0.15, 0.2) is 22.7 Å². The van der Waals surface area contributed by atoms with Gasteiger partial charge in [-0.05, 0) is 30.5 Å². The maximum atomic E-state index is 6.07. The lowest BCUT2D eigenvalue weighted by Gasteiger charge is -2.16. The van der Waals surface area contributed by atoms with Crippen LogP contribution in [-0.2, 0) is 6.54 Å². The molecule has 104 valence electrons. The highest BCUT2D eigenvalue weighted by Gasteiger charge is 2.13. The second kappa shape index (κ2) is 6.42. The summed E-state index contributed by atoms with van der Waals surface area (Å²) in [5, 5.41) is 0. The van der Waals surface area contributed by atoms with E-state index in [2.05, 4.69) is 45.4 Å². The number of aromatic nitrogens is 2. The minimum Gasteiger partial charge on any atom is -0.369 e. The van der Waals surface area contributed by atoms with Crippen molar-refractivity contribution < 1.29 is 0 Å². The predicted octanol–water partition coefficient (Wildman–Crippen LogP) is 4.60. The van der Waals surface area contributed by atoms with Gasteiger partial charge in [-0.2, -0.15) is 0 Å². The molecule has 0 aliphatic rings. The number of anilines is 1. The van der Waals surface area contributed by atoms with Crippen LogP contribution in [0.3, 0.4) is 0 Å². The molecule has 1 aromatic heterocycles. The highest BCUT2D eigenvalue weighted by molar-refractivity contribution is 9.10. The summed E-state index contributed by atoms with van der Waals surface area (Å²) in [4.78, 5) is 4.44. The third kappa shape index (κ3) is 3.30. The van der Waals surface area contributed by atoms with Gasteiger partial charge in [-0.3, -0.25) is 0 Å². The van der Waals surface area contributed by atoms with E-state index in [1.54, 1.807) is 0 Å². The minimum absolute atomic E-state index is 0.628. The quantitative estimate of drug-likeness (QED) is 0.844. The first-order chi connectivity index (χ1) is 9.15. The lowest BCUT2D eigenvalue weighted by Crippen LogP contribution is -2.12. The third-order valence-electron chi connectivity index (χ3n) is 3.72. The molecule has 0 aliphatic carbocycles. The van der Waals surface area contributed by atoms with Gasteiger partial charge in [0.15, 0.2) is 0 Å². The van der Waals surface area contributed by atoms with Crippen molar-refractivity contribution in [1.29, 1.82) is 0 Å². The second-order valence-electron chi connectivity index (χ2n) is 5.13. The van der Waals surface area contributed by atoms with Gasteiger partial charge in [-0.25, -0.2) is 4.98 Å². The SMILES string of the molecule is CCCCC(CC)Cn1c(N)nc2ccc(Br)cc21. The molecule has 0 amide bonds. The summed E-state index contributed by atoms with van der Waals surface area (Å²) in [7, 11) is 0. The molecule has 3 nitrogen and oxygen atoms in total. The summed E-state index contributed by atoms with van der Waals surface area (Å²) >= 11 is 3.52. The molecule has 0 radical (unpaired) electrons. The number of unbranched alkanes of at least 4 members (excludes halogenated alkanes) is 1. The van der Waals surface area contributed by atoms with Crippen LogP contribution in [0, 0.1) is 5.92 Å². The van der Waals surface area contributed by atoms with Crippen molar-refractivity contribution in [3.8, 4) is 0 Å². The Labute approximate surface area is 123 Å². The Hall–Kier alpha value is -1.03. The second-order valence-corrected chi connectivity index (χ2v) is 6.05. The number of rotatable bonds is 6. The number of fused-ring (bicyclic) bond motifs is 1. The van der Waals surface area contributed by atoms with E-state index in [1.165, 1.54) is 25.7 Å². The Morgan fingerprint density at radius 2 is 2.16 bits per heavy atom. The average molecular weight is 324 g/mol. The molecule has 1 atom stereocenters. The van der Waals surface area contributed by atoms with Crippen LogP contribution in [0.4, 0.5) is 5.95 Å². The number of imidazole rings is 1. The molecule has 2 N–H and O–H groups in total. The van der Waals surface area contributed by atoms with E-state index in [-0.39, 0.29) is 0 Å². The fourth-order valence-corrected chi connectivity index (χ4v) is 2.83. The van der Waals surface area contributed by atoms with Crippen molar-refractivity contribution in [3.63, 3.8) is 0 Å². The van der Waals surface area contributed by atoms with Crippen molar-refractivity contribution in [2.45, 2.75) is 46.1 Å². The number of nitrogen functional groups attached to an aromatic ring is 1. The zero-order valence-corrected chi connectivity index (χ0v) is 13.3. The van der Waals surface area contributed by atoms with Crippen molar-refractivity contribution in [3.05, 3.63) is 22.7 Å². The minimum atomic E-state index is 0.628. The smallest absolute Gasteiger partial charge is 0.201 e. The number of nitrogens with zero attached hydrogens (tertiary/aromatic N) is 2. The predicted molar refractivity (Wildman–Crippen MR) is 85.2 cm³/mol. The summed E-state index contributed by atoms with van der Waals surface area (Å²) in [5.41, 5.74) is 8.18. The van der Waals surface area contributed by atoms with Gasteiger partial charge in [0.25, 0.3) is 0 Å². The van der Waals surface area contributed by atoms with Gasteiger partial charge in [0.2, 0.25) is 5.95 Å². The van der Waals surface area contributed by atoms with E-state index in [1.807, 2.05) is 12.1 Å². The van der Waals surface area contributed by atoms with Crippen LogP contribution >= 0.6 is 15.9 Å². The highest BCUT2D eigenvalue weighted by Crippen LogP contribution is 2.25. The summed E-state index contributed by atoms with van der Waals surface area (Å²) in [5.74, 6) is 1.31. The van der Waals surface area contributed by atoms with Crippen molar-refractivity contribution in [2.24, 2.45) is 5.92 Å². The van der Waals surface area contributed by atoms with E-state index in [0.29, 0.717) is 11.9 Å². The molecule has 2 aromatic rings. The van der Waals surface area contributed by atoms with Crippen LogP contribution in [0.25, 0.3) is 11.0 Å². The molecule has 2 rings (SSSR count). The van der Waals surface area contributed by atoms with Gasteiger partial charge < -0.3 is 10.3 Å². The molecule has 1 unspecified atom stereocenters. The zero-order valence-electron chi connectivity index (χ0n) is 11.7. The first-order valence-electron chi connectivity index (χ1n) is 7.07. The maximum Gasteiger partial charge on any atom is 0.201 e. The lowest BCUT2D eigenvalue weighted by molar-refractivity contribution is 0.397. The Morgan fingerprint density at radius 3 is 2.84 bits per heavy atom. The standard InChI is InChI=1S/C15H22BrN3/c1-3-5-6-11(4-2)10-19-14-9-12(16)7-8-13(14)18-15(19)17/h7-9,11H,3-6,10H2,1-2H3,(H2,17,18). The Kier molecular flexibility index (Phi) is 4.86. The van der Waals surface area contributed by atoms with Crippen molar-refractivity contribution >= 4 is 32.9 Å². The summed E-state index contributed by atoms with van der Waals surface area (Å²) in [6.07, 6.45) is 4.99. The number of nitrogens with two attached hydrogens (primary N) is 1. The van der Waals surface area contributed by atoms with Gasteiger partial charge in [-0.15, -0.1) is 0 Å². The average Bonchev–Trinajstić information content (AvgIpc) is 2.70. The fraction of sp³-hybridized carbons (Fsp3) is 0.533. The molecular weight excluding hydrogens is 302 g/mol. The molecule has 0 saturated carbocycles. The molecule has 4 heteroatoms. The molecule has 0 aliphatic heterocycles. The molecule has 1 aromatic carbocycles. The first kappa shape index (κ1) is 14.4. The highest BCUT2D eigenvalue weighted by atomic mass is 79.9. The molecule has 0 saturated heterocycles.